The first kappa shape index (κ1) is 20.1. The molecule has 1 saturated heterocycles. The molecule has 0 aliphatic carbocycles. The summed E-state index contributed by atoms with van der Waals surface area (Å²) in [5.41, 5.74) is 2.34. The number of rotatable bonds is 5. The molecule has 1 aromatic carbocycles. The second-order valence-electron chi connectivity index (χ2n) is 8.03. The van der Waals surface area contributed by atoms with Crippen LogP contribution < -0.4 is 4.74 Å². The standard InChI is InChI=1S/C23H25N3O4/c1-14-12-17-13-16(4-5-18(17)30-14)21(27)19-20(15-6-8-24-9-7-15)26(11-10-25(2)3)23(29)22(19)28/h4-9,13-14,20,27H,10-12H2,1-3H3/b21-19-. The van der Waals surface area contributed by atoms with Crippen molar-refractivity contribution >= 4 is 17.4 Å². The fraction of sp³-hybridized carbons (Fsp3) is 0.348. The Bertz CT molecular complexity index is 1020. The Labute approximate surface area is 175 Å². The van der Waals surface area contributed by atoms with Gasteiger partial charge in [0.15, 0.2) is 0 Å². The van der Waals surface area contributed by atoms with Gasteiger partial charge in [-0.25, -0.2) is 0 Å². The number of carbonyl (C=O) groups is 2. The number of Topliss-reactive ketones (excluding diaryl/α,β-unsaturated/α-hetero) is 1. The van der Waals surface area contributed by atoms with Crippen molar-refractivity contribution in [3.63, 3.8) is 0 Å². The van der Waals surface area contributed by atoms with E-state index in [1.807, 2.05) is 32.0 Å². The number of carbonyl (C=O) groups excluding carboxylic acids is 2. The number of hydrogen-bond donors (Lipinski definition) is 1. The molecule has 4 rings (SSSR count). The van der Waals surface area contributed by atoms with Crippen molar-refractivity contribution in [1.29, 1.82) is 0 Å². The summed E-state index contributed by atoms with van der Waals surface area (Å²) in [5, 5.41) is 11.1. The number of fused-ring (bicyclic) bond motifs is 1. The van der Waals surface area contributed by atoms with Gasteiger partial charge in [0, 0.05) is 37.5 Å². The molecule has 1 N–H and O–H groups in total. The van der Waals surface area contributed by atoms with Gasteiger partial charge in [-0.2, -0.15) is 0 Å². The van der Waals surface area contributed by atoms with Gasteiger partial charge in [0.2, 0.25) is 0 Å². The van der Waals surface area contributed by atoms with Gasteiger partial charge in [0.05, 0.1) is 11.6 Å². The van der Waals surface area contributed by atoms with Crippen LogP contribution in [-0.4, -0.2) is 64.9 Å². The number of pyridine rings is 1. The van der Waals surface area contributed by atoms with Crippen molar-refractivity contribution in [2.45, 2.75) is 25.5 Å². The van der Waals surface area contributed by atoms with E-state index in [1.165, 1.54) is 4.90 Å². The van der Waals surface area contributed by atoms with E-state index in [0.29, 0.717) is 18.7 Å². The van der Waals surface area contributed by atoms with Crippen molar-refractivity contribution in [3.8, 4) is 5.75 Å². The van der Waals surface area contributed by atoms with E-state index < -0.39 is 17.7 Å². The molecule has 0 radical (unpaired) electrons. The van der Waals surface area contributed by atoms with Crippen LogP contribution in [0.2, 0.25) is 0 Å². The monoisotopic (exact) mass is 407 g/mol. The Kier molecular flexibility index (Phi) is 5.30. The Morgan fingerprint density at radius 3 is 2.67 bits per heavy atom. The zero-order valence-electron chi connectivity index (χ0n) is 17.3. The van der Waals surface area contributed by atoms with Crippen molar-refractivity contribution in [1.82, 2.24) is 14.8 Å². The van der Waals surface area contributed by atoms with E-state index in [0.717, 1.165) is 23.3 Å². The van der Waals surface area contributed by atoms with Crippen LogP contribution in [0.25, 0.3) is 5.76 Å². The number of nitrogens with zero attached hydrogens (tertiary/aromatic N) is 3. The topological polar surface area (TPSA) is 83.0 Å². The molecule has 156 valence electrons. The lowest BCUT2D eigenvalue weighted by Crippen LogP contribution is -2.35. The summed E-state index contributed by atoms with van der Waals surface area (Å²) in [6, 6.07) is 8.25. The Morgan fingerprint density at radius 1 is 1.23 bits per heavy atom. The number of aliphatic hydroxyl groups is 1. The summed E-state index contributed by atoms with van der Waals surface area (Å²) in [6.07, 6.45) is 4.05. The SMILES string of the molecule is CC1Cc2cc(/C(O)=C3/C(=O)C(=O)N(CCN(C)C)C3c3ccncc3)ccc2O1. The average molecular weight is 407 g/mol. The smallest absolute Gasteiger partial charge is 0.295 e. The zero-order chi connectivity index (χ0) is 21.4. The molecule has 2 aromatic rings. The minimum absolute atomic E-state index is 0.0748. The van der Waals surface area contributed by atoms with Crippen LogP contribution in [-0.2, 0) is 16.0 Å². The Morgan fingerprint density at radius 2 is 1.97 bits per heavy atom. The Balaban J connectivity index is 1.80. The summed E-state index contributed by atoms with van der Waals surface area (Å²) in [7, 11) is 3.82. The lowest BCUT2D eigenvalue weighted by atomic mass is 9.95. The average Bonchev–Trinajstić information content (AvgIpc) is 3.22. The molecule has 1 aromatic heterocycles. The lowest BCUT2D eigenvalue weighted by Gasteiger charge is -2.26. The number of aromatic nitrogens is 1. The first-order chi connectivity index (χ1) is 14.4. The molecular weight excluding hydrogens is 382 g/mol. The largest absolute Gasteiger partial charge is 0.507 e. The lowest BCUT2D eigenvalue weighted by molar-refractivity contribution is -0.140. The molecule has 7 nitrogen and oxygen atoms in total. The predicted molar refractivity (Wildman–Crippen MR) is 112 cm³/mol. The highest BCUT2D eigenvalue weighted by Gasteiger charge is 2.46. The first-order valence-corrected chi connectivity index (χ1v) is 10.00. The maximum absolute atomic E-state index is 13.0. The van der Waals surface area contributed by atoms with Gasteiger partial charge in [-0.1, -0.05) is 0 Å². The van der Waals surface area contributed by atoms with E-state index in [1.54, 1.807) is 36.7 Å². The normalized spacial score (nSPS) is 22.5. The van der Waals surface area contributed by atoms with Crippen LogP contribution in [0.5, 0.6) is 5.75 Å². The number of likely N-dealkylation sites (N-methyl/N-ethyl adjacent to an activating group) is 1. The van der Waals surface area contributed by atoms with E-state index in [9.17, 15) is 14.7 Å². The summed E-state index contributed by atoms with van der Waals surface area (Å²) in [6.45, 7) is 2.96. The third kappa shape index (κ3) is 3.57. The van der Waals surface area contributed by atoms with E-state index in [4.69, 9.17) is 4.74 Å². The molecule has 0 spiro atoms. The van der Waals surface area contributed by atoms with Gasteiger partial charge in [0.25, 0.3) is 11.7 Å². The second-order valence-corrected chi connectivity index (χ2v) is 8.03. The molecule has 2 aliphatic heterocycles. The van der Waals surface area contributed by atoms with E-state index in [-0.39, 0.29) is 17.4 Å². The molecule has 30 heavy (non-hydrogen) atoms. The number of amides is 1. The third-order valence-electron chi connectivity index (χ3n) is 5.52. The van der Waals surface area contributed by atoms with Gasteiger partial charge < -0.3 is 19.6 Å². The van der Waals surface area contributed by atoms with Crippen LogP contribution in [0.1, 0.15) is 29.7 Å². The van der Waals surface area contributed by atoms with E-state index >= 15 is 0 Å². The van der Waals surface area contributed by atoms with Gasteiger partial charge in [-0.15, -0.1) is 0 Å². The molecule has 2 aliphatic rings. The van der Waals surface area contributed by atoms with Crippen LogP contribution in [0.3, 0.4) is 0 Å². The van der Waals surface area contributed by atoms with Crippen molar-refractivity contribution in [2.24, 2.45) is 0 Å². The number of ether oxygens (including phenoxy) is 1. The molecule has 0 saturated carbocycles. The molecule has 1 amide bonds. The Hall–Kier alpha value is -3.19. The predicted octanol–water partition coefficient (Wildman–Crippen LogP) is 2.39. The fourth-order valence-electron chi connectivity index (χ4n) is 4.04. The third-order valence-corrected chi connectivity index (χ3v) is 5.52. The summed E-state index contributed by atoms with van der Waals surface area (Å²) >= 11 is 0. The van der Waals surface area contributed by atoms with Crippen LogP contribution in [0.4, 0.5) is 0 Å². The molecule has 3 heterocycles. The molecule has 2 unspecified atom stereocenters. The molecular formula is C23H25N3O4. The van der Waals surface area contributed by atoms with Gasteiger partial charge in [0.1, 0.15) is 17.6 Å². The number of benzene rings is 1. The minimum atomic E-state index is -0.668. The molecule has 7 heteroatoms. The quantitative estimate of drug-likeness (QED) is 0.466. The van der Waals surface area contributed by atoms with Crippen molar-refractivity contribution in [3.05, 3.63) is 65.0 Å². The van der Waals surface area contributed by atoms with Gasteiger partial charge in [-0.05, 0) is 62.5 Å². The molecule has 2 atom stereocenters. The van der Waals surface area contributed by atoms with Crippen LogP contribution in [0, 0.1) is 0 Å². The summed E-state index contributed by atoms with van der Waals surface area (Å²) < 4.78 is 5.73. The minimum Gasteiger partial charge on any atom is -0.507 e. The van der Waals surface area contributed by atoms with Gasteiger partial charge in [-0.3, -0.25) is 14.6 Å². The van der Waals surface area contributed by atoms with Crippen LogP contribution in [0.15, 0.2) is 48.3 Å². The van der Waals surface area contributed by atoms with Crippen molar-refractivity contribution in [2.75, 3.05) is 27.2 Å². The highest BCUT2D eigenvalue weighted by Crippen LogP contribution is 2.40. The maximum Gasteiger partial charge on any atom is 0.295 e. The van der Waals surface area contributed by atoms with Crippen LogP contribution >= 0.6 is 0 Å². The second kappa shape index (κ2) is 7.91. The zero-order valence-corrected chi connectivity index (χ0v) is 17.3. The maximum atomic E-state index is 13.0. The number of ketones is 1. The number of aliphatic hydroxyl groups excluding tert-OH is 1. The van der Waals surface area contributed by atoms with Gasteiger partial charge >= 0.3 is 0 Å². The first-order valence-electron chi connectivity index (χ1n) is 10.00. The molecule has 1 fully saturated rings. The van der Waals surface area contributed by atoms with E-state index in [2.05, 4.69) is 4.98 Å². The number of hydrogen-bond acceptors (Lipinski definition) is 6. The molecule has 0 bridgehead atoms. The van der Waals surface area contributed by atoms with Crippen molar-refractivity contribution < 1.29 is 19.4 Å². The highest BCUT2D eigenvalue weighted by molar-refractivity contribution is 6.46. The summed E-state index contributed by atoms with van der Waals surface area (Å²) in [4.78, 5) is 33.4. The fourth-order valence-corrected chi connectivity index (χ4v) is 4.04. The highest BCUT2D eigenvalue weighted by atomic mass is 16.5. The summed E-state index contributed by atoms with van der Waals surface area (Å²) in [5.74, 6) is -0.641. The number of likely N-dealkylation sites (tertiary alicyclic amines) is 1.